The largest absolute Gasteiger partial charge is 0.0891 e. The van der Waals surface area contributed by atoms with Crippen LogP contribution >= 0.6 is 15.9 Å². The first-order valence-electron chi connectivity index (χ1n) is 6.33. The number of hydrogen-bond donors (Lipinski definition) is 0. The van der Waals surface area contributed by atoms with Crippen LogP contribution in [0.3, 0.4) is 0 Å². The van der Waals surface area contributed by atoms with Crippen LogP contribution in [-0.2, 0) is 12.8 Å². The molecule has 0 saturated carbocycles. The maximum Gasteiger partial charge on any atom is 0.0146 e. The molecule has 0 aliphatic carbocycles. The van der Waals surface area contributed by atoms with Gasteiger partial charge in [0.15, 0.2) is 0 Å². The quantitative estimate of drug-likeness (QED) is 0.645. The summed E-state index contributed by atoms with van der Waals surface area (Å²) in [6.07, 6.45) is 4.84. The van der Waals surface area contributed by atoms with E-state index in [9.17, 15) is 0 Å². The van der Waals surface area contributed by atoms with Crippen molar-refractivity contribution >= 4 is 15.9 Å². The molecule has 0 aromatic heterocycles. The van der Waals surface area contributed by atoms with Gasteiger partial charge in [0.1, 0.15) is 0 Å². The Kier molecular flexibility index (Phi) is 6.12. The Hall–Kier alpha value is -0.300. The van der Waals surface area contributed by atoms with Gasteiger partial charge >= 0.3 is 0 Å². The second-order valence-corrected chi connectivity index (χ2v) is 6.26. The summed E-state index contributed by atoms with van der Waals surface area (Å²) < 4.78 is 0. The predicted octanol–water partition coefficient (Wildman–Crippen LogP) is 4.99. The molecule has 0 radical (unpaired) electrons. The van der Waals surface area contributed by atoms with Crippen molar-refractivity contribution in [3.8, 4) is 0 Å². The molecule has 1 aromatic carbocycles. The van der Waals surface area contributed by atoms with Crippen LogP contribution < -0.4 is 0 Å². The van der Waals surface area contributed by atoms with Crippen LogP contribution in [0.1, 0.15) is 44.7 Å². The molecule has 0 nitrogen and oxygen atoms in total. The van der Waals surface area contributed by atoms with Gasteiger partial charge in [0.05, 0.1) is 0 Å². The molecule has 0 amide bonds. The van der Waals surface area contributed by atoms with Gasteiger partial charge in [-0.25, -0.2) is 0 Å². The van der Waals surface area contributed by atoms with Crippen LogP contribution in [0.4, 0.5) is 0 Å². The first kappa shape index (κ1) is 13.8. The summed E-state index contributed by atoms with van der Waals surface area (Å²) in [6, 6.07) is 9.06. The first-order chi connectivity index (χ1) is 7.61. The van der Waals surface area contributed by atoms with E-state index in [2.05, 4.69) is 61.0 Å². The second-order valence-electron chi connectivity index (χ2n) is 4.96. The number of aryl methyl sites for hydroxylation is 1. The zero-order valence-electron chi connectivity index (χ0n) is 10.7. The van der Waals surface area contributed by atoms with Crippen LogP contribution in [0, 0.1) is 5.92 Å². The van der Waals surface area contributed by atoms with Crippen LogP contribution in [0.5, 0.6) is 0 Å². The fourth-order valence-corrected chi connectivity index (χ4v) is 2.14. The molecule has 90 valence electrons. The van der Waals surface area contributed by atoms with E-state index < -0.39 is 0 Å². The number of halogens is 1. The van der Waals surface area contributed by atoms with Gasteiger partial charge in [0.25, 0.3) is 0 Å². The number of rotatable bonds is 6. The van der Waals surface area contributed by atoms with Gasteiger partial charge in [-0.1, -0.05) is 61.0 Å². The highest BCUT2D eigenvalue weighted by molar-refractivity contribution is 9.09. The maximum absolute atomic E-state index is 3.69. The van der Waals surface area contributed by atoms with Gasteiger partial charge < -0.3 is 0 Å². The first-order valence-corrected chi connectivity index (χ1v) is 7.25. The molecular formula is C15H23Br. The normalized spacial score (nSPS) is 13.1. The molecule has 0 aliphatic rings. The van der Waals surface area contributed by atoms with Crippen LogP contribution in [-0.4, -0.2) is 4.83 Å². The molecule has 0 aliphatic heterocycles. The third kappa shape index (κ3) is 5.16. The van der Waals surface area contributed by atoms with Crippen molar-refractivity contribution in [1.82, 2.24) is 0 Å². The third-order valence-electron chi connectivity index (χ3n) is 2.82. The fourth-order valence-electron chi connectivity index (χ4n) is 1.91. The van der Waals surface area contributed by atoms with Gasteiger partial charge in [-0.3, -0.25) is 0 Å². The van der Waals surface area contributed by atoms with Gasteiger partial charge in [0, 0.05) is 4.83 Å². The van der Waals surface area contributed by atoms with Gasteiger partial charge in [-0.15, -0.1) is 0 Å². The minimum Gasteiger partial charge on any atom is -0.0891 e. The molecule has 1 unspecified atom stereocenters. The standard InChI is InChI=1S/C15H23Br/c1-4-15(16)9-8-13-6-5-7-14(11-13)10-12(2)3/h5-7,11-12,15H,4,8-10H2,1-3H3. The van der Waals surface area contributed by atoms with Crippen LogP contribution in [0.2, 0.25) is 0 Å². The number of benzene rings is 1. The summed E-state index contributed by atoms with van der Waals surface area (Å²) in [4.78, 5) is 0.668. The molecule has 16 heavy (non-hydrogen) atoms. The fraction of sp³-hybridized carbons (Fsp3) is 0.600. The van der Waals surface area contributed by atoms with Crippen molar-refractivity contribution in [2.45, 2.75) is 51.3 Å². The Morgan fingerprint density at radius 1 is 1.19 bits per heavy atom. The molecule has 0 bridgehead atoms. The molecular weight excluding hydrogens is 260 g/mol. The van der Waals surface area contributed by atoms with Crippen LogP contribution in [0.15, 0.2) is 24.3 Å². The van der Waals surface area contributed by atoms with E-state index in [1.807, 2.05) is 0 Å². The molecule has 1 heteroatoms. The summed E-state index contributed by atoms with van der Waals surface area (Å²) in [6.45, 7) is 6.78. The van der Waals surface area contributed by atoms with E-state index in [0.717, 1.165) is 5.92 Å². The third-order valence-corrected chi connectivity index (χ3v) is 3.93. The second kappa shape index (κ2) is 7.11. The van der Waals surface area contributed by atoms with E-state index in [0.29, 0.717) is 4.83 Å². The highest BCUT2D eigenvalue weighted by atomic mass is 79.9. The highest BCUT2D eigenvalue weighted by Crippen LogP contribution is 2.16. The highest BCUT2D eigenvalue weighted by Gasteiger charge is 2.03. The minimum atomic E-state index is 0.668. The van der Waals surface area contributed by atoms with E-state index in [1.54, 1.807) is 0 Å². The molecule has 1 atom stereocenters. The van der Waals surface area contributed by atoms with E-state index in [4.69, 9.17) is 0 Å². The SMILES string of the molecule is CCC(Br)CCc1cccc(CC(C)C)c1. The zero-order valence-corrected chi connectivity index (χ0v) is 12.3. The van der Waals surface area contributed by atoms with Gasteiger partial charge in [0.2, 0.25) is 0 Å². The summed E-state index contributed by atoms with van der Waals surface area (Å²) in [5.74, 6) is 0.745. The molecule has 1 rings (SSSR count). The van der Waals surface area contributed by atoms with Gasteiger partial charge in [-0.05, 0) is 42.7 Å². The summed E-state index contributed by atoms with van der Waals surface area (Å²) >= 11 is 3.69. The average Bonchev–Trinajstić information content (AvgIpc) is 2.25. The maximum atomic E-state index is 3.69. The van der Waals surface area contributed by atoms with E-state index in [1.165, 1.54) is 36.8 Å². The smallest absolute Gasteiger partial charge is 0.0146 e. The van der Waals surface area contributed by atoms with Crippen molar-refractivity contribution in [2.75, 3.05) is 0 Å². The van der Waals surface area contributed by atoms with E-state index >= 15 is 0 Å². The average molecular weight is 283 g/mol. The molecule has 0 heterocycles. The Labute approximate surface area is 109 Å². The van der Waals surface area contributed by atoms with Crippen molar-refractivity contribution in [3.05, 3.63) is 35.4 Å². The monoisotopic (exact) mass is 282 g/mol. The Morgan fingerprint density at radius 3 is 2.50 bits per heavy atom. The van der Waals surface area contributed by atoms with Crippen molar-refractivity contribution in [2.24, 2.45) is 5.92 Å². The Balaban J connectivity index is 2.53. The number of alkyl halides is 1. The summed E-state index contributed by atoms with van der Waals surface area (Å²) in [7, 11) is 0. The van der Waals surface area contributed by atoms with Gasteiger partial charge in [-0.2, -0.15) is 0 Å². The lowest BCUT2D eigenvalue weighted by molar-refractivity contribution is 0.646. The zero-order chi connectivity index (χ0) is 12.0. The lowest BCUT2D eigenvalue weighted by Crippen LogP contribution is -1.99. The van der Waals surface area contributed by atoms with Crippen LogP contribution in [0.25, 0.3) is 0 Å². The Bertz CT molecular complexity index is 304. The number of hydrogen-bond acceptors (Lipinski definition) is 0. The molecule has 0 N–H and O–H groups in total. The Morgan fingerprint density at radius 2 is 1.88 bits per heavy atom. The topological polar surface area (TPSA) is 0 Å². The van der Waals surface area contributed by atoms with Crippen molar-refractivity contribution in [1.29, 1.82) is 0 Å². The predicted molar refractivity (Wildman–Crippen MR) is 76.3 cm³/mol. The molecule has 1 aromatic rings. The molecule has 0 fully saturated rings. The minimum absolute atomic E-state index is 0.668. The molecule has 0 saturated heterocycles. The molecule has 0 spiro atoms. The summed E-state index contributed by atoms with van der Waals surface area (Å²) in [5, 5.41) is 0. The van der Waals surface area contributed by atoms with E-state index in [-0.39, 0.29) is 0 Å². The lowest BCUT2D eigenvalue weighted by Gasteiger charge is -2.09. The summed E-state index contributed by atoms with van der Waals surface area (Å²) in [5.41, 5.74) is 2.96. The van der Waals surface area contributed by atoms with Crippen molar-refractivity contribution in [3.63, 3.8) is 0 Å². The lowest BCUT2D eigenvalue weighted by atomic mass is 9.99. The van der Waals surface area contributed by atoms with Crippen molar-refractivity contribution < 1.29 is 0 Å².